The van der Waals surface area contributed by atoms with Gasteiger partial charge in [0.2, 0.25) is 0 Å². The Labute approximate surface area is 113 Å². The van der Waals surface area contributed by atoms with Gasteiger partial charge in [0.15, 0.2) is 0 Å². The summed E-state index contributed by atoms with van der Waals surface area (Å²) in [6.07, 6.45) is 4.57. The van der Waals surface area contributed by atoms with E-state index in [1.807, 2.05) is 36.5 Å². The zero-order valence-corrected chi connectivity index (χ0v) is 11.3. The topological polar surface area (TPSA) is 46.9 Å². The molecule has 2 rings (SSSR count). The third-order valence-electron chi connectivity index (χ3n) is 2.88. The van der Waals surface area contributed by atoms with E-state index in [9.17, 15) is 4.79 Å². The molecule has 0 saturated heterocycles. The highest BCUT2D eigenvalue weighted by Crippen LogP contribution is 2.09. The van der Waals surface area contributed by atoms with E-state index < -0.39 is 0 Å². The van der Waals surface area contributed by atoms with Crippen LogP contribution < -0.4 is 5.32 Å². The van der Waals surface area contributed by atoms with Gasteiger partial charge in [0.25, 0.3) is 5.91 Å². The molecule has 0 aliphatic rings. The second kappa shape index (κ2) is 6.18. The number of hydrogen-bond acceptors (Lipinski definition) is 2. The summed E-state index contributed by atoms with van der Waals surface area (Å²) in [4.78, 5) is 12.0. The van der Waals surface area contributed by atoms with E-state index in [1.165, 1.54) is 0 Å². The molecule has 0 aliphatic carbocycles. The Balaban J connectivity index is 2.04. The number of nitrogens with one attached hydrogen (secondary N) is 1. The SMILES string of the molecule is CC(C)CCNC(=O)c1cccc(-n2cccn2)c1. The van der Waals surface area contributed by atoms with Gasteiger partial charge in [0.1, 0.15) is 0 Å². The summed E-state index contributed by atoms with van der Waals surface area (Å²) in [5, 5.41) is 7.09. The average molecular weight is 257 g/mol. The van der Waals surface area contributed by atoms with E-state index in [2.05, 4.69) is 24.3 Å². The molecule has 0 unspecified atom stereocenters. The predicted molar refractivity (Wildman–Crippen MR) is 75.4 cm³/mol. The van der Waals surface area contributed by atoms with Crippen molar-refractivity contribution in [2.45, 2.75) is 20.3 Å². The standard InChI is InChI=1S/C15H19N3O/c1-12(2)7-9-16-15(19)13-5-3-6-14(11-13)18-10-4-8-17-18/h3-6,8,10-12H,7,9H2,1-2H3,(H,16,19). The third kappa shape index (κ3) is 3.68. The number of amides is 1. The third-order valence-corrected chi connectivity index (χ3v) is 2.88. The number of benzene rings is 1. The van der Waals surface area contributed by atoms with Crippen LogP contribution in [0.5, 0.6) is 0 Å². The lowest BCUT2D eigenvalue weighted by Crippen LogP contribution is -2.25. The fraction of sp³-hybridized carbons (Fsp3) is 0.333. The quantitative estimate of drug-likeness (QED) is 0.895. The molecule has 0 fully saturated rings. The highest BCUT2D eigenvalue weighted by atomic mass is 16.1. The normalized spacial score (nSPS) is 10.7. The fourth-order valence-electron chi connectivity index (χ4n) is 1.79. The Hall–Kier alpha value is -2.10. The van der Waals surface area contributed by atoms with E-state index in [4.69, 9.17) is 0 Å². The minimum Gasteiger partial charge on any atom is -0.352 e. The van der Waals surface area contributed by atoms with Gasteiger partial charge < -0.3 is 5.32 Å². The van der Waals surface area contributed by atoms with Crippen LogP contribution in [0, 0.1) is 5.92 Å². The summed E-state index contributed by atoms with van der Waals surface area (Å²) >= 11 is 0. The smallest absolute Gasteiger partial charge is 0.251 e. The van der Waals surface area contributed by atoms with Gasteiger partial charge >= 0.3 is 0 Å². The summed E-state index contributed by atoms with van der Waals surface area (Å²) < 4.78 is 1.74. The van der Waals surface area contributed by atoms with Crippen molar-refractivity contribution in [1.82, 2.24) is 15.1 Å². The van der Waals surface area contributed by atoms with Gasteiger partial charge in [-0.05, 0) is 36.6 Å². The zero-order chi connectivity index (χ0) is 13.7. The van der Waals surface area contributed by atoms with Crippen LogP contribution in [0.4, 0.5) is 0 Å². The Morgan fingerprint density at radius 1 is 1.37 bits per heavy atom. The molecule has 0 radical (unpaired) electrons. The van der Waals surface area contributed by atoms with Gasteiger partial charge in [-0.2, -0.15) is 5.10 Å². The molecular formula is C15H19N3O. The van der Waals surface area contributed by atoms with E-state index in [0.29, 0.717) is 18.0 Å². The molecule has 19 heavy (non-hydrogen) atoms. The van der Waals surface area contributed by atoms with E-state index in [1.54, 1.807) is 10.9 Å². The second-order valence-corrected chi connectivity index (χ2v) is 4.94. The molecule has 0 atom stereocenters. The Morgan fingerprint density at radius 2 is 2.21 bits per heavy atom. The Kier molecular flexibility index (Phi) is 4.34. The molecule has 0 spiro atoms. The molecule has 1 N–H and O–H groups in total. The molecule has 0 bridgehead atoms. The lowest BCUT2D eigenvalue weighted by molar-refractivity contribution is 0.0952. The lowest BCUT2D eigenvalue weighted by atomic mass is 10.1. The summed E-state index contributed by atoms with van der Waals surface area (Å²) in [6.45, 7) is 5.00. The van der Waals surface area contributed by atoms with Crippen molar-refractivity contribution < 1.29 is 4.79 Å². The maximum absolute atomic E-state index is 12.0. The van der Waals surface area contributed by atoms with Crippen LogP contribution in [0.2, 0.25) is 0 Å². The van der Waals surface area contributed by atoms with Crippen LogP contribution in [0.25, 0.3) is 5.69 Å². The molecule has 100 valence electrons. The summed E-state index contributed by atoms with van der Waals surface area (Å²) in [5.74, 6) is 0.561. The predicted octanol–water partition coefficient (Wildman–Crippen LogP) is 2.65. The maximum Gasteiger partial charge on any atom is 0.251 e. The lowest BCUT2D eigenvalue weighted by Gasteiger charge is -2.08. The monoisotopic (exact) mass is 257 g/mol. The second-order valence-electron chi connectivity index (χ2n) is 4.94. The number of carbonyl (C=O) groups excluding carboxylic acids is 1. The largest absolute Gasteiger partial charge is 0.352 e. The van der Waals surface area contributed by atoms with Crippen LogP contribution in [-0.4, -0.2) is 22.2 Å². The number of aromatic nitrogens is 2. The summed E-state index contributed by atoms with van der Waals surface area (Å²) in [5.41, 5.74) is 1.55. The van der Waals surface area contributed by atoms with Crippen molar-refractivity contribution >= 4 is 5.91 Å². The van der Waals surface area contributed by atoms with Crippen molar-refractivity contribution in [1.29, 1.82) is 0 Å². The minimum atomic E-state index is -0.0327. The van der Waals surface area contributed by atoms with Crippen LogP contribution in [0.3, 0.4) is 0 Å². The molecule has 2 aromatic rings. The van der Waals surface area contributed by atoms with E-state index in [-0.39, 0.29) is 5.91 Å². The highest BCUT2D eigenvalue weighted by molar-refractivity contribution is 5.94. The molecule has 1 amide bonds. The highest BCUT2D eigenvalue weighted by Gasteiger charge is 2.06. The number of hydrogen-bond donors (Lipinski definition) is 1. The van der Waals surface area contributed by atoms with E-state index >= 15 is 0 Å². The minimum absolute atomic E-state index is 0.0327. The molecule has 0 saturated carbocycles. The van der Waals surface area contributed by atoms with Crippen molar-refractivity contribution in [3.63, 3.8) is 0 Å². The van der Waals surface area contributed by atoms with Gasteiger partial charge in [0, 0.05) is 24.5 Å². The Morgan fingerprint density at radius 3 is 2.89 bits per heavy atom. The number of nitrogens with zero attached hydrogens (tertiary/aromatic N) is 2. The number of carbonyl (C=O) groups is 1. The van der Waals surface area contributed by atoms with Crippen LogP contribution in [0.15, 0.2) is 42.7 Å². The van der Waals surface area contributed by atoms with Gasteiger partial charge in [-0.15, -0.1) is 0 Å². The molecule has 1 heterocycles. The van der Waals surface area contributed by atoms with Crippen molar-refractivity contribution in [3.8, 4) is 5.69 Å². The Bertz CT molecular complexity index is 532. The van der Waals surface area contributed by atoms with Gasteiger partial charge in [-0.3, -0.25) is 4.79 Å². The first-order valence-corrected chi connectivity index (χ1v) is 6.55. The summed E-state index contributed by atoms with van der Waals surface area (Å²) in [7, 11) is 0. The molecule has 4 heteroatoms. The van der Waals surface area contributed by atoms with Gasteiger partial charge in [-0.25, -0.2) is 4.68 Å². The first-order chi connectivity index (χ1) is 9.16. The fourth-order valence-corrected chi connectivity index (χ4v) is 1.79. The molecule has 1 aromatic heterocycles. The molecule has 4 nitrogen and oxygen atoms in total. The van der Waals surface area contributed by atoms with Crippen molar-refractivity contribution in [2.24, 2.45) is 5.92 Å². The van der Waals surface area contributed by atoms with E-state index in [0.717, 1.165) is 12.1 Å². The van der Waals surface area contributed by atoms with Gasteiger partial charge in [0.05, 0.1) is 5.69 Å². The molecule has 0 aliphatic heterocycles. The summed E-state index contributed by atoms with van der Waals surface area (Å²) in [6, 6.07) is 9.32. The van der Waals surface area contributed by atoms with Crippen LogP contribution >= 0.6 is 0 Å². The van der Waals surface area contributed by atoms with Crippen molar-refractivity contribution in [2.75, 3.05) is 6.54 Å². The molecule has 1 aromatic carbocycles. The first kappa shape index (κ1) is 13.3. The van der Waals surface area contributed by atoms with Crippen LogP contribution in [-0.2, 0) is 0 Å². The molecular weight excluding hydrogens is 238 g/mol. The van der Waals surface area contributed by atoms with Crippen LogP contribution in [0.1, 0.15) is 30.6 Å². The zero-order valence-electron chi connectivity index (χ0n) is 11.3. The number of rotatable bonds is 5. The first-order valence-electron chi connectivity index (χ1n) is 6.55. The average Bonchev–Trinajstić information content (AvgIpc) is 2.92. The maximum atomic E-state index is 12.0. The van der Waals surface area contributed by atoms with Crippen molar-refractivity contribution in [3.05, 3.63) is 48.3 Å². The van der Waals surface area contributed by atoms with Gasteiger partial charge in [-0.1, -0.05) is 19.9 Å².